The maximum atomic E-state index is 13.7. The zero-order valence-electron chi connectivity index (χ0n) is 20.4. The summed E-state index contributed by atoms with van der Waals surface area (Å²) >= 11 is 0. The fourth-order valence-electron chi connectivity index (χ4n) is 4.36. The molecule has 1 aromatic carbocycles. The Morgan fingerprint density at radius 2 is 1.78 bits per heavy atom. The summed E-state index contributed by atoms with van der Waals surface area (Å²) in [6.07, 6.45) is -1.26. The molecule has 1 aliphatic carbocycles. The molecule has 3 amide bonds. The number of allylic oxidation sites excluding steroid dienone is 2. The van der Waals surface area contributed by atoms with Crippen LogP contribution in [-0.4, -0.2) is 59.0 Å². The smallest absolute Gasteiger partial charge is 0.403 e. The third-order valence-corrected chi connectivity index (χ3v) is 6.78. The molecule has 1 aliphatic heterocycles. The molecule has 3 rings (SSSR count). The molecule has 0 bridgehead atoms. The lowest BCUT2D eigenvalue weighted by molar-refractivity contribution is -0.201. The highest BCUT2D eigenvalue weighted by Gasteiger charge is 2.70. The van der Waals surface area contributed by atoms with Gasteiger partial charge in [0.25, 0.3) is 0 Å². The zero-order chi connectivity index (χ0) is 27.5. The number of piperazine rings is 1. The minimum atomic E-state index is -4.70. The van der Waals surface area contributed by atoms with Gasteiger partial charge < -0.3 is 26.3 Å². The van der Waals surface area contributed by atoms with E-state index in [9.17, 15) is 31.9 Å². The molecular formula is C25H29F4N5O3. The molecule has 1 saturated carbocycles. The standard InChI is InChI=1S/C25H29F4N5O3/c1-3-16(11-30)10-19(12-31)32-21(35)22(36)34-13-15(2)33(23(37)24(8-9-24)25(27,28)29)14-20(34)17-4-6-18(26)7-5-17/h4-7,10-12,15,20,30H,3,8-9,13-14,31H2,1-2H3,(H,32,35)/b16-10-,19-12+,30-11?/t15-,20-/m1/s1. The zero-order valence-corrected chi connectivity index (χ0v) is 20.4. The maximum Gasteiger partial charge on any atom is 0.403 e. The Morgan fingerprint density at radius 1 is 1.16 bits per heavy atom. The van der Waals surface area contributed by atoms with Crippen LogP contribution in [0.2, 0.25) is 0 Å². The number of nitrogens with two attached hydrogens (primary N) is 1. The van der Waals surface area contributed by atoms with Crippen molar-refractivity contribution in [1.29, 1.82) is 5.41 Å². The number of alkyl halides is 3. The maximum absolute atomic E-state index is 13.7. The second-order valence-electron chi connectivity index (χ2n) is 9.20. The Kier molecular flexibility index (Phi) is 8.09. The van der Waals surface area contributed by atoms with Gasteiger partial charge in [0, 0.05) is 31.5 Å². The highest BCUT2D eigenvalue weighted by Crippen LogP contribution is 2.59. The van der Waals surface area contributed by atoms with E-state index < -0.39 is 47.2 Å². The van der Waals surface area contributed by atoms with Crippen LogP contribution in [0.3, 0.4) is 0 Å². The first-order valence-electron chi connectivity index (χ1n) is 11.8. The summed E-state index contributed by atoms with van der Waals surface area (Å²) in [5, 5.41) is 9.76. The molecule has 37 heavy (non-hydrogen) atoms. The lowest BCUT2D eigenvalue weighted by Gasteiger charge is -2.46. The molecule has 2 atom stereocenters. The Bertz CT molecular complexity index is 1130. The fourth-order valence-corrected chi connectivity index (χ4v) is 4.36. The molecule has 0 spiro atoms. The van der Waals surface area contributed by atoms with Gasteiger partial charge in [-0.15, -0.1) is 0 Å². The van der Waals surface area contributed by atoms with E-state index in [4.69, 9.17) is 11.1 Å². The van der Waals surface area contributed by atoms with Crippen molar-refractivity contribution in [2.75, 3.05) is 13.1 Å². The molecule has 0 radical (unpaired) electrons. The van der Waals surface area contributed by atoms with Crippen molar-refractivity contribution >= 4 is 23.9 Å². The number of hydrogen-bond acceptors (Lipinski definition) is 5. The number of benzene rings is 1. The average molecular weight is 524 g/mol. The minimum absolute atomic E-state index is 0.0831. The van der Waals surface area contributed by atoms with Crippen LogP contribution in [0.5, 0.6) is 0 Å². The van der Waals surface area contributed by atoms with E-state index in [-0.39, 0.29) is 31.6 Å². The first-order valence-corrected chi connectivity index (χ1v) is 11.8. The first-order chi connectivity index (χ1) is 17.4. The number of rotatable bonds is 6. The lowest BCUT2D eigenvalue weighted by Crippen LogP contribution is -2.60. The largest absolute Gasteiger partial charge is 0.403 e. The van der Waals surface area contributed by atoms with Crippen molar-refractivity contribution in [2.45, 2.75) is 51.4 Å². The topological polar surface area (TPSA) is 120 Å². The average Bonchev–Trinajstić information content (AvgIpc) is 3.68. The van der Waals surface area contributed by atoms with Crippen LogP contribution >= 0.6 is 0 Å². The summed E-state index contributed by atoms with van der Waals surface area (Å²) in [5.74, 6) is -3.67. The van der Waals surface area contributed by atoms with Crippen LogP contribution in [0, 0.1) is 16.6 Å². The predicted octanol–water partition coefficient (Wildman–Crippen LogP) is 3.17. The number of halogens is 4. The van der Waals surface area contributed by atoms with E-state index in [1.807, 2.05) is 0 Å². The number of hydrogen-bond donors (Lipinski definition) is 3. The fraction of sp³-hybridized carbons (Fsp3) is 0.440. The quantitative estimate of drug-likeness (QED) is 0.230. The molecule has 1 heterocycles. The third-order valence-electron chi connectivity index (χ3n) is 6.78. The minimum Gasteiger partial charge on any atom is -0.403 e. The van der Waals surface area contributed by atoms with Crippen molar-refractivity contribution in [3.05, 3.63) is 59.2 Å². The van der Waals surface area contributed by atoms with Gasteiger partial charge in [0.05, 0.1) is 11.7 Å². The lowest BCUT2D eigenvalue weighted by atomic mass is 9.96. The second-order valence-corrected chi connectivity index (χ2v) is 9.20. The molecule has 1 aromatic rings. The van der Waals surface area contributed by atoms with E-state index in [0.29, 0.717) is 17.6 Å². The molecule has 2 fully saturated rings. The Morgan fingerprint density at radius 3 is 2.27 bits per heavy atom. The van der Waals surface area contributed by atoms with Crippen molar-refractivity contribution in [3.63, 3.8) is 0 Å². The summed E-state index contributed by atoms with van der Waals surface area (Å²) in [6.45, 7) is 2.79. The third kappa shape index (κ3) is 5.67. The summed E-state index contributed by atoms with van der Waals surface area (Å²) in [5.41, 5.74) is 4.09. The van der Waals surface area contributed by atoms with Gasteiger partial charge >= 0.3 is 18.0 Å². The molecule has 0 unspecified atom stereocenters. The van der Waals surface area contributed by atoms with Crippen molar-refractivity contribution in [2.24, 2.45) is 11.1 Å². The van der Waals surface area contributed by atoms with Crippen LogP contribution in [0.25, 0.3) is 0 Å². The summed E-state index contributed by atoms with van der Waals surface area (Å²) < 4.78 is 54.6. The summed E-state index contributed by atoms with van der Waals surface area (Å²) in [6, 6.07) is 3.18. The van der Waals surface area contributed by atoms with Gasteiger partial charge in [-0.3, -0.25) is 14.4 Å². The Hall–Kier alpha value is -3.70. The number of carbonyl (C=O) groups is 3. The van der Waals surface area contributed by atoms with Gasteiger partial charge in [-0.1, -0.05) is 19.1 Å². The van der Waals surface area contributed by atoms with Gasteiger partial charge in [0.1, 0.15) is 11.2 Å². The van der Waals surface area contributed by atoms with Gasteiger partial charge in [0.2, 0.25) is 5.91 Å². The SMILES string of the molecule is CC/C(C=N)=C/C(=C\N)NC(=O)C(=O)N1C[C@@H](C)N(C(=O)C2(C(F)(F)F)CC2)C[C@@H]1c1ccc(F)cc1. The number of amides is 3. The molecular weight excluding hydrogens is 494 g/mol. The number of carbonyl (C=O) groups excluding carboxylic acids is 3. The van der Waals surface area contributed by atoms with Gasteiger partial charge in [-0.25, -0.2) is 4.39 Å². The van der Waals surface area contributed by atoms with Gasteiger partial charge in [-0.05, 0) is 55.5 Å². The van der Waals surface area contributed by atoms with Crippen molar-refractivity contribution in [1.82, 2.24) is 15.1 Å². The van der Waals surface area contributed by atoms with E-state index in [2.05, 4.69) is 5.32 Å². The molecule has 1 saturated heterocycles. The monoisotopic (exact) mass is 523 g/mol. The van der Waals surface area contributed by atoms with Crippen LogP contribution < -0.4 is 11.1 Å². The van der Waals surface area contributed by atoms with Crippen LogP contribution in [0.4, 0.5) is 17.6 Å². The van der Waals surface area contributed by atoms with Crippen molar-refractivity contribution in [3.8, 4) is 0 Å². The van der Waals surface area contributed by atoms with E-state index in [0.717, 1.165) is 29.4 Å². The van der Waals surface area contributed by atoms with E-state index >= 15 is 0 Å². The molecule has 200 valence electrons. The second kappa shape index (κ2) is 10.7. The highest BCUT2D eigenvalue weighted by molar-refractivity contribution is 6.35. The van der Waals surface area contributed by atoms with Crippen LogP contribution in [0.1, 0.15) is 44.7 Å². The summed E-state index contributed by atoms with van der Waals surface area (Å²) in [4.78, 5) is 41.4. The molecule has 2 aliphatic rings. The highest BCUT2D eigenvalue weighted by atomic mass is 19.4. The predicted molar refractivity (Wildman–Crippen MR) is 127 cm³/mol. The van der Waals surface area contributed by atoms with Crippen LogP contribution in [0.15, 0.2) is 47.8 Å². The van der Waals surface area contributed by atoms with E-state index in [1.165, 1.54) is 30.0 Å². The normalized spacial score (nSPS) is 21.9. The van der Waals surface area contributed by atoms with Crippen molar-refractivity contribution < 1.29 is 31.9 Å². The summed E-state index contributed by atoms with van der Waals surface area (Å²) in [7, 11) is 0. The van der Waals surface area contributed by atoms with Gasteiger partial charge in [0.15, 0.2) is 0 Å². The molecule has 4 N–H and O–H groups in total. The Labute approximate surface area is 211 Å². The number of nitrogens with one attached hydrogen (secondary N) is 2. The van der Waals surface area contributed by atoms with E-state index in [1.54, 1.807) is 6.92 Å². The molecule has 0 aromatic heterocycles. The van der Waals surface area contributed by atoms with Crippen LogP contribution in [-0.2, 0) is 14.4 Å². The number of nitrogens with zero attached hydrogens (tertiary/aromatic N) is 2. The Balaban J connectivity index is 1.90. The molecule has 12 heteroatoms. The first kappa shape index (κ1) is 27.9. The van der Waals surface area contributed by atoms with Gasteiger partial charge in [-0.2, -0.15) is 13.2 Å². The molecule has 8 nitrogen and oxygen atoms in total.